The van der Waals surface area contributed by atoms with E-state index in [0.29, 0.717) is 0 Å². The number of hydrogen-bond donors (Lipinski definition) is 1. The minimum absolute atomic E-state index is 0.122. The van der Waals surface area contributed by atoms with Crippen LogP contribution in [0.15, 0.2) is 22.9 Å². The number of hydrogen-bond acceptors (Lipinski definition) is 5. The van der Waals surface area contributed by atoms with E-state index in [1.807, 2.05) is 0 Å². The van der Waals surface area contributed by atoms with E-state index in [0.717, 1.165) is 6.07 Å². The highest BCUT2D eigenvalue weighted by Crippen LogP contribution is 2.24. The zero-order valence-electron chi connectivity index (χ0n) is 18.7. The van der Waals surface area contributed by atoms with Crippen molar-refractivity contribution in [2.75, 3.05) is 5.73 Å². The smallest absolute Gasteiger partial charge is 0.264 e. The van der Waals surface area contributed by atoms with E-state index in [1.54, 1.807) is 0 Å². The van der Waals surface area contributed by atoms with Crippen LogP contribution < -0.4 is 11.3 Å². The van der Waals surface area contributed by atoms with Gasteiger partial charge in [0.25, 0.3) is 5.56 Å². The van der Waals surface area contributed by atoms with E-state index in [2.05, 4.69) is 4.98 Å². The van der Waals surface area contributed by atoms with Gasteiger partial charge in [0.05, 0.1) is 27.5 Å². The highest BCUT2D eigenvalue weighted by atomic mass is 16.2. The topological polar surface area (TPSA) is 95.0 Å². The first-order valence-corrected chi connectivity index (χ1v) is 6.01. The van der Waals surface area contributed by atoms with Gasteiger partial charge in [-0.25, -0.2) is 4.98 Å². The minimum Gasteiger partial charge on any atom is -0.398 e. The predicted molar refractivity (Wildman–Crippen MR) is 78.1 cm³/mol. The molecule has 108 valence electrons. The lowest BCUT2D eigenvalue weighted by atomic mass is 9.92. The van der Waals surface area contributed by atoms with Gasteiger partial charge in [-0.1, -0.05) is 6.04 Å². The summed E-state index contributed by atoms with van der Waals surface area (Å²) in [6.07, 6.45) is -4.64. The van der Waals surface area contributed by atoms with Crippen LogP contribution in [0.4, 0.5) is 5.69 Å². The van der Waals surface area contributed by atoms with Crippen molar-refractivity contribution in [1.82, 2.24) is 9.55 Å². The van der Waals surface area contributed by atoms with Crippen molar-refractivity contribution in [2.24, 2.45) is 0 Å². The van der Waals surface area contributed by atoms with Crippen LogP contribution in [0.2, 0.25) is 0 Å². The van der Waals surface area contributed by atoms with Crippen molar-refractivity contribution in [3.05, 3.63) is 34.3 Å². The van der Waals surface area contributed by atoms with Crippen molar-refractivity contribution in [1.29, 1.82) is 0 Å². The van der Waals surface area contributed by atoms with Crippen LogP contribution >= 0.6 is 0 Å². The molecular weight excluding hydrogens is 270 g/mol. The number of benzene rings is 1. The third-order valence-corrected chi connectivity index (χ3v) is 3.09. The number of nitrogen functional groups attached to an aromatic ring is 1. The van der Waals surface area contributed by atoms with Gasteiger partial charge >= 0.3 is 0 Å². The molecule has 2 aromatic rings. The van der Waals surface area contributed by atoms with Crippen molar-refractivity contribution >= 4 is 28.2 Å². The van der Waals surface area contributed by atoms with Crippen LogP contribution in [0, 0.1) is 6.85 Å². The Bertz CT molecular complexity index is 1140. The maximum absolute atomic E-state index is 13.2. The first-order valence-electron chi connectivity index (χ1n) is 10.0. The molecule has 1 aliphatic carbocycles. The van der Waals surface area contributed by atoms with E-state index < -0.39 is 78.2 Å². The summed E-state index contributed by atoms with van der Waals surface area (Å²) < 4.78 is 63.4. The largest absolute Gasteiger partial charge is 0.398 e. The Morgan fingerprint density at radius 3 is 3.10 bits per heavy atom. The fourth-order valence-electron chi connectivity index (χ4n) is 2.16. The molecule has 0 radical (unpaired) electrons. The first kappa shape index (κ1) is 6.98. The molecule has 2 N–H and O–H groups in total. The van der Waals surface area contributed by atoms with E-state index in [4.69, 9.17) is 16.7 Å². The van der Waals surface area contributed by atoms with Crippen molar-refractivity contribution in [2.45, 2.75) is 32.1 Å². The van der Waals surface area contributed by atoms with Crippen molar-refractivity contribution in [3.63, 3.8) is 0 Å². The molecule has 1 aliphatic rings. The molecule has 0 amide bonds. The SMILES string of the molecule is [2H]c1cc2nc(C([2H])([2H])[2H])n(C3([2H])C(=O)CC(=O)CC3([2H])[2H])c(=O)c2c(N)c1[2H]. The van der Waals surface area contributed by atoms with Crippen LogP contribution in [0.3, 0.4) is 0 Å². The number of carbonyl (C=O) groups excluding carboxylic acids is 2. The summed E-state index contributed by atoms with van der Waals surface area (Å²) in [5.74, 6) is -3.13. The molecule has 1 unspecified atom stereocenters. The Morgan fingerprint density at radius 1 is 1.57 bits per heavy atom. The molecule has 3 rings (SSSR count). The summed E-state index contributed by atoms with van der Waals surface area (Å²) in [7, 11) is 0. The molecule has 6 nitrogen and oxygen atoms in total. The standard InChI is InChI=1S/C15H15N3O3/c1-8-17-11-4-2-3-10(16)14(11)15(21)18(8)12-6-5-9(19)7-13(12)20/h2-4,12H,5-7,16H2,1H3/i1D3,2D,3D,6D2,12D. The number of Topliss-reactive ketones (excluding diaryl/α,β-unsaturated/α-hetero) is 2. The van der Waals surface area contributed by atoms with Crippen LogP contribution in [-0.4, -0.2) is 21.1 Å². The molecule has 0 aliphatic heterocycles. The zero-order valence-corrected chi connectivity index (χ0v) is 10.7. The van der Waals surface area contributed by atoms with Crippen molar-refractivity contribution in [3.8, 4) is 0 Å². The van der Waals surface area contributed by atoms with Crippen LogP contribution in [0.1, 0.15) is 42.0 Å². The Labute approximate surface area is 131 Å². The summed E-state index contributed by atoms with van der Waals surface area (Å²) in [6, 6.07) is -3.10. The number of aromatic nitrogens is 2. The summed E-state index contributed by atoms with van der Waals surface area (Å²) >= 11 is 0. The molecule has 1 heterocycles. The molecule has 0 spiro atoms. The van der Waals surface area contributed by atoms with Gasteiger partial charge < -0.3 is 5.73 Å². The normalized spacial score (nSPS) is 31.2. The van der Waals surface area contributed by atoms with Gasteiger partial charge in [-0.05, 0) is 25.3 Å². The van der Waals surface area contributed by atoms with Gasteiger partial charge in [0.1, 0.15) is 11.6 Å². The lowest BCUT2D eigenvalue weighted by Crippen LogP contribution is -2.36. The molecule has 0 saturated heterocycles. The van der Waals surface area contributed by atoms with E-state index in [1.165, 1.54) is 0 Å². The fraction of sp³-hybridized carbons (Fsp3) is 0.333. The average Bonchev–Trinajstić information content (AvgIpc) is 2.55. The molecule has 1 aromatic heterocycles. The molecule has 6 heteroatoms. The fourth-order valence-corrected chi connectivity index (χ4v) is 2.16. The Hall–Kier alpha value is -2.50. The van der Waals surface area contributed by atoms with Gasteiger partial charge in [0.15, 0.2) is 5.78 Å². The van der Waals surface area contributed by atoms with Gasteiger partial charge in [0, 0.05) is 19.0 Å². The zero-order chi connectivity index (χ0) is 22.1. The first-order chi connectivity index (χ1) is 13.1. The number of ketones is 2. The molecule has 0 bridgehead atoms. The molecule has 21 heavy (non-hydrogen) atoms. The second kappa shape index (κ2) is 4.80. The highest BCUT2D eigenvalue weighted by Gasteiger charge is 2.30. The van der Waals surface area contributed by atoms with Crippen molar-refractivity contribution < 1.29 is 20.6 Å². The number of anilines is 1. The van der Waals surface area contributed by atoms with Gasteiger partial charge in [-0.15, -0.1) is 0 Å². The summed E-state index contributed by atoms with van der Waals surface area (Å²) in [6.45, 7) is -3.14. The quantitative estimate of drug-likeness (QED) is 0.628. The number of fused-ring (bicyclic) bond motifs is 1. The third kappa shape index (κ3) is 2.12. The number of nitrogens with two attached hydrogens (primary N) is 1. The third-order valence-electron chi connectivity index (χ3n) is 3.09. The second-order valence-electron chi connectivity index (χ2n) is 4.50. The minimum atomic E-state index is -3.14. The lowest BCUT2D eigenvalue weighted by molar-refractivity contribution is -0.132. The van der Waals surface area contributed by atoms with E-state index in [9.17, 15) is 14.4 Å². The van der Waals surface area contributed by atoms with Crippen LogP contribution in [-0.2, 0) is 9.59 Å². The molecular formula is C15H15N3O3. The number of aryl methyl sites for hydroxylation is 1. The lowest BCUT2D eigenvalue weighted by Gasteiger charge is -2.24. The Kier molecular flexibility index (Phi) is 1.59. The van der Waals surface area contributed by atoms with Gasteiger partial charge in [-0.2, -0.15) is 0 Å². The summed E-state index contributed by atoms with van der Waals surface area (Å²) in [5, 5.41) is -0.508. The summed E-state index contributed by atoms with van der Waals surface area (Å²) in [5.41, 5.74) is 3.59. The molecule has 1 aromatic carbocycles. The van der Waals surface area contributed by atoms with E-state index in [-0.39, 0.29) is 10.1 Å². The summed E-state index contributed by atoms with van der Waals surface area (Å²) in [4.78, 5) is 41.3. The second-order valence-corrected chi connectivity index (χ2v) is 4.50. The number of nitrogens with zero attached hydrogens (tertiary/aromatic N) is 2. The van der Waals surface area contributed by atoms with Crippen LogP contribution in [0.25, 0.3) is 10.9 Å². The highest BCUT2D eigenvalue weighted by molar-refractivity contribution is 6.03. The maximum atomic E-state index is 13.2. The monoisotopic (exact) mass is 293 g/mol. The predicted octanol–water partition coefficient (Wildman–Crippen LogP) is 1.15. The van der Waals surface area contributed by atoms with E-state index >= 15 is 0 Å². The van der Waals surface area contributed by atoms with Gasteiger partial charge in [-0.3, -0.25) is 19.0 Å². The molecule has 1 fully saturated rings. The molecule has 1 saturated carbocycles. The maximum Gasteiger partial charge on any atom is 0.264 e. The number of carbonyl (C=O) groups is 2. The number of rotatable bonds is 1. The van der Waals surface area contributed by atoms with Crippen LogP contribution in [0.5, 0.6) is 0 Å². The Morgan fingerprint density at radius 2 is 2.38 bits per heavy atom. The average molecular weight is 293 g/mol. The molecule has 1 atom stereocenters. The Balaban J connectivity index is 2.56. The van der Waals surface area contributed by atoms with Gasteiger partial charge in [0.2, 0.25) is 0 Å².